The van der Waals surface area contributed by atoms with Gasteiger partial charge in [0.1, 0.15) is 0 Å². The summed E-state index contributed by atoms with van der Waals surface area (Å²) in [6.07, 6.45) is 1.38. The van der Waals surface area contributed by atoms with Crippen LogP contribution in [0.4, 0.5) is 20.7 Å². The highest BCUT2D eigenvalue weighted by Crippen LogP contribution is 2.28. The molecule has 0 radical (unpaired) electrons. The van der Waals surface area contributed by atoms with Gasteiger partial charge in [-0.2, -0.15) is 15.0 Å². The Morgan fingerprint density at radius 3 is 2.74 bits per heavy atom. The van der Waals surface area contributed by atoms with E-state index in [9.17, 15) is 8.78 Å². The molecular formula is C22H23F2N9O. The molecule has 0 amide bonds. The molecular weight excluding hydrogens is 444 g/mol. The Hall–Kier alpha value is -3.67. The minimum atomic E-state index is -2.79. The first-order valence-electron chi connectivity index (χ1n) is 11.3. The molecule has 1 atom stereocenters. The molecule has 4 aromatic rings. The van der Waals surface area contributed by atoms with E-state index in [1.165, 1.54) is 4.57 Å². The van der Waals surface area contributed by atoms with Gasteiger partial charge in [-0.05, 0) is 25.0 Å². The Morgan fingerprint density at radius 1 is 1.06 bits per heavy atom. The van der Waals surface area contributed by atoms with Gasteiger partial charge >= 0.3 is 0 Å². The number of benzene rings is 1. The van der Waals surface area contributed by atoms with Gasteiger partial charge in [-0.3, -0.25) is 4.57 Å². The van der Waals surface area contributed by atoms with Crippen LogP contribution < -0.4 is 10.2 Å². The summed E-state index contributed by atoms with van der Waals surface area (Å²) in [7, 11) is 0. The van der Waals surface area contributed by atoms with E-state index < -0.39 is 12.2 Å². The predicted octanol–water partition coefficient (Wildman–Crippen LogP) is 2.68. The first-order chi connectivity index (χ1) is 16.7. The lowest BCUT2D eigenvalue weighted by molar-refractivity contribution is 0.122. The zero-order valence-electron chi connectivity index (χ0n) is 18.3. The van der Waals surface area contributed by atoms with Crippen molar-refractivity contribution in [3.63, 3.8) is 0 Å². The highest BCUT2D eigenvalue weighted by atomic mass is 19.3. The molecule has 1 aliphatic carbocycles. The third kappa shape index (κ3) is 3.83. The summed E-state index contributed by atoms with van der Waals surface area (Å²) in [6, 6.07) is 7.05. The molecule has 0 saturated carbocycles. The van der Waals surface area contributed by atoms with Crippen LogP contribution in [0.2, 0.25) is 0 Å². The molecule has 1 unspecified atom stereocenters. The number of fused-ring (bicyclic) bond motifs is 2. The van der Waals surface area contributed by atoms with E-state index >= 15 is 0 Å². The lowest BCUT2D eigenvalue weighted by Gasteiger charge is -2.28. The third-order valence-electron chi connectivity index (χ3n) is 6.21. The van der Waals surface area contributed by atoms with Crippen LogP contribution in [0.5, 0.6) is 0 Å². The number of hydrogen-bond donors (Lipinski definition) is 2. The highest BCUT2D eigenvalue weighted by Gasteiger charge is 2.26. The van der Waals surface area contributed by atoms with E-state index in [1.807, 2.05) is 4.90 Å². The second-order valence-electron chi connectivity index (χ2n) is 8.37. The molecule has 0 spiro atoms. The fraction of sp³-hybridized carbons (Fsp3) is 0.409. The number of halogens is 2. The zero-order chi connectivity index (χ0) is 23.1. The van der Waals surface area contributed by atoms with Gasteiger partial charge in [-0.25, -0.2) is 18.7 Å². The number of H-pyrrole nitrogens is 1. The van der Waals surface area contributed by atoms with Gasteiger partial charge in [0, 0.05) is 31.2 Å². The third-order valence-corrected chi connectivity index (χ3v) is 6.21. The molecule has 2 aliphatic rings. The molecule has 0 bridgehead atoms. The predicted molar refractivity (Wildman–Crippen MR) is 120 cm³/mol. The molecule has 6 rings (SSSR count). The van der Waals surface area contributed by atoms with Crippen LogP contribution in [-0.4, -0.2) is 66.8 Å². The maximum absolute atomic E-state index is 14.0. The fourth-order valence-electron chi connectivity index (χ4n) is 4.53. The van der Waals surface area contributed by atoms with Crippen molar-refractivity contribution in [2.75, 3.05) is 36.5 Å². The summed E-state index contributed by atoms with van der Waals surface area (Å²) in [4.78, 5) is 27.5. The Labute approximate surface area is 193 Å². The smallest absolute Gasteiger partial charge is 0.296 e. The van der Waals surface area contributed by atoms with Gasteiger partial charge in [0.25, 0.3) is 6.43 Å². The lowest BCUT2D eigenvalue weighted by atomic mass is 9.96. The van der Waals surface area contributed by atoms with Gasteiger partial charge < -0.3 is 19.9 Å². The van der Waals surface area contributed by atoms with E-state index in [2.05, 4.69) is 35.2 Å². The molecule has 4 heterocycles. The Bertz CT molecular complexity index is 1310. The Kier molecular flexibility index (Phi) is 5.28. The van der Waals surface area contributed by atoms with Crippen LogP contribution in [0.3, 0.4) is 0 Å². The number of rotatable bonds is 5. The van der Waals surface area contributed by atoms with Crippen molar-refractivity contribution >= 4 is 22.9 Å². The number of nitrogens with zero attached hydrogens (tertiary/aromatic N) is 7. The molecule has 10 nitrogen and oxygen atoms in total. The Balaban J connectivity index is 1.43. The van der Waals surface area contributed by atoms with E-state index in [1.54, 1.807) is 30.6 Å². The molecule has 176 valence electrons. The molecule has 1 aliphatic heterocycles. The molecule has 3 aromatic heterocycles. The van der Waals surface area contributed by atoms with Gasteiger partial charge in [-0.15, -0.1) is 0 Å². The number of aryl methyl sites for hydroxylation is 1. The number of hydrogen-bond acceptors (Lipinski definition) is 8. The molecule has 12 heteroatoms. The largest absolute Gasteiger partial charge is 0.378 e. The summed E-state index contributed by atoms with van der Waals surface area (Å²) >= 11 is 0. The summed E-state index contributed by atoms with van der Waals surface area (Å²) in [5.41, 5.74) is 3.14. The maximum atomic E-state index is 14.0. The average molecular weight is 467 g/mol. The number of para-hydroxylation sites is 2. The summed E-state index contributed by atoms with van der Waals surface area (Å²) in [6.45, 7) is 2.31. The number of imidazole rings is 2. The number of anilines is 2. The topological polar surface area (TPSA) is 110 Å². The van der Waals surface area contributed by atoms with Crippen molar-refractivity contribution in [2.45, 2.75) is 31.7 Å². The first-order valence-corrected chi connectivity index (χ1v) is 11.3. The van der Waals surface area contributed by atoms with Crippen LogP contribution in [-0.2, 0) is 17.6 Å². The Morgan fingerprint density at radius 2 is 1.88 bits per heavy atom. The van der Waals surface area contributed by atoms with E-state index in [4.69, 9.17) is 4.74 Å². The summed E-state index contributed by atoms with van der Waals surface area (Å²) in [5.74, 6) is 0.475. The number of aromatic amines is 1. The molecule has 1 fully saturated rings. The zero-order valence-corrected chi connectivity index (χ0v) is 18.3. The van der Waals surface area contributed by atoms with Crippen molar-refractivity contribution < 1.29 is 13.5 Å². The van der Waals surface area contributed by atoms with E-state index in [-0.39, 0.29) is 12.0 Å². The second-order valence-corrected chi connectivity index (χ2v) is 8.37. The fourth-order valence-corrected chi connectivity index (χ4v) is 4.53. The van der Waals surface area contributed by atoms with Crippen molar-refractivity contribution in [3.05, 3.63) is 47.8 Å². The van der Waals surface area contributed by atoms with Crippen molar-refractivity contribution in [1.82, 2.24) is 34.5 Å². The van der Waals surface area contributed by atoms with Crippen molar-refractivity contribution in [3.8, 4) is 5.95 Å². The molecule has 1 saturated heterocycles. The van der Waals surface area contributed by atoms with Gasteiger partial charge in [0.2, 0.25) is 17.8 Å². The van der Waals surface area contributed by atoms with Gasteiger partial charge in [0.15, 0.2) is 5.82 Å². The summed E-state index contributed by atoms with van der Waals surface area (Å²) < 4.78 is 34.7. The number of alkyl halides is 2. The standard InChI is InChI=1S/C22H23F2N9O/c23-18(24)19-28-15-3-1-2-4-17(15)33(19)22-30-20(29-21(31-22)32-7-9-34-10-8-32)27-13-5-6-14-16(11-13)26-12-25-14/h1-4,12-13,18H,5-11H2,(H,25,26)(H,27,29,30,31). The molecule has 34 heavy (non-hydrogen) atoms. The molecule has 1 aromatic carbocycles. The quantitative estimate of drug-likeness (QED) is 0.461. The van der Waals surface area contributed by atoms with Crippen LogP contribution >= 0.6 is 0 Å². The normalized spacial score (nSPS) is 18.4. The number of aromatic nitrogens is 7. The van der Waals surface area contributed by atoms with E-state index in [0.29, 0.717) is 49.2 Å². The minimum absolute atomic E-state index is 0.0673. The van der Waals surface area contributed by atoms with Crippen LogP contribution in [0.25, 0.3) is 17.0 Å². The second kappa shape index (κ2) is 8.60. The number of nitrogens with one attached hydrogen (secondary N) is 2. The number of ether oxygens (including phenoxy) is 1. The lowest BCUT2D eigenvalue weighted by Crippen LogP contribution is -2.38. The van der Waals surface area contributed by atoms with Crippen LogP contribution in [0.1, 0.15) is 30.1 Å². The van der Waals surface area contributed by atoms with Gasteiger partial charge in [0.05, 0.1) is 36.3 Å². The SMILES string of the molecule is FC(F)c1nc2ccccc2n1-c1nc(NC2CCc3[nH]cnc3C2)nc(N2CCOCC2)n1. The molecule has 2 N–H and O–H groups in total. The van der Waals surface area contributed by atoms with E-state index in [0.717, 1.165) is 30.7 Å². The number of morpholine rings is 1. The van der Waals surface area contributed by atoms with Crippen LogP contribution in [0, 0.1) is 0 Å². The average Bonchev–Trinajstić information content (AvgIpc) is 3.49. The van der Waals surface area contributed by atoms with Crippen molar-refractivity contribution in [1.29, 1.82) is 0 Å². The monoisotopic (exact) mass is 467 g/mol. The van der Waals surface area contributed by atoms with Crippen molar-refractivity contribution in [2.24, 2.45) is 0 Å². The van der Waals surface area contributed by atoms with Gasteiger partial charge in [-0.1, -0.05) is 12.1 Å². The van der Waals surface area contributed by atoms with Crippen LogP contribution in [0.15, 0.2) is 30.6 Å². The highest BCUT2D eigenvalue weighted by molar-refractivity contribution is 5.77. The first kappa shape index (κ1) is 20.9. The maximum Gasteiger partial charge on any atom is 0.296 e. The summed E-state index contributed by atoms with van der Waals surface area (Å²) in [5, 5.41) is 3.39. The minimum Gasteiger partial charge on any atom is -0.378 e.